The Morgan fingerprint density at radius 1 is 1.00 bits per heavy atom. The maximum Gasteiger partial charge on any atom is 0.243 e. The monoisotopic (exact) mass is 406 g/mol. The molecule has 1 heterocycles. The summed E-state index contributed by atoms with van der Waals surface area (Å²) < 4.78 is 0. The highest BCUT2D eigenvalue weighted by molar-refractivity contribution is 6.03. The van der Waals surface area contributed by atoms with Gasteiger partial charge >= 0.3 is 0 Å². The molecule has 2 aromatic carbocycles. The first kappa shape index (κ1) is 21.2. The molecule has 0 saturated carbocycles. The molecule has 1 aliphatic rings. The van der Waals surface area contributed by atoms with Crippen LogP contribution in [0.3, 0.4) is 0 Å². The average Bonchev–Trinajstić information content (AvgIpc) is 3.25. The molecular weight excluding hydrogens is 380 g/mol. The smallest absolute Gasteiger partial charge is 0.243 e. The molecule has 3 amide bonds. The Bertz CT molecular complexity index is 970. The van der Waals surface area contributed by atoms with Gasteiger partial charge in [-0.15, -0.1) is 0 Å². The van der Waals surface area contributed by atoms with Crippen molar-refractivity contribution in [2.45, 2.75) is 39.5 Å². The normalized spacial score (nSPS) is 13.0. The first-order chi connectivity index (χ1) is 14.5. The van der Waals surface area contributed by atoms with Gasteiger partial charge in [-0.2, -0.15) is 5.10 Å². The van der Waals surface area contributed by atoms with Gasteiger partial charge in [0.15, 0.2) is 0 Å². The Balaban J connectivity index is 1.53. The lowest BCUT2D eigenvalue weighted by molar-refractivity contribution is -0.132. The van der Waals surface area contributed by atoms with Crippen LogP contribution in [0, 0.1) is 6.92 Å². The quantitative estimate of drug-likeness (QED) is 0.735. The lowest BCUT2D eigenvalue weighted by Gasteiger charge is -2.13. The van der Waals surface area contributed by atoms with Crippen molar-refractivity contribution in [2.24, 2.45) is 5.10 Å². The number of carbonyl (C=O) groups excluding carboxylic acids is 3. The third kappa shape index (κ3) is 5.53. The summed E-state index contributed by atoms with van der Waals surface area (Å²) in [5.74, 6) is -0.517. The van der Waals surface area contributed by atoms with E-state index in [1.807, 2.05) is 43.3 Å². The van der Waals surface area contributed by atoms with Gasteiger partial charge in [0.1, 0.15) is 0 Å². The van der Waals surface area contributed by atoms with Crippen molar-refractivity contribution in [3.8, 4) is 0 Å². The van der Waals surface area contributed by atoms with E-state index in [4.69, 9.17) is 0 Å². The summed E-state index contributed by atoms with van der Waals surface area (Å²) in [4.78, 5) is 36.4. The molecule has 0 saturated heterocycles. The minimum Gasteiger partial charge on any atom is -0.326 e. The van der Waals surface area contributed by atoms with E-state index in [2.05, 4.69) is 15.7 Å². The van der Waals surface area contributed by atoms with Gasteiger partial charge in [-0.05, 0) is 30.2 Å². The maximum absolute atomic E-state index is 12.4. The van der Waals surface area contributed by atoms with Crippen LogP contribution in [0.4, 0.5) is 11.4 Å². The van der Waals surface area contributed by atoms with Gasteiger partial charge in [0.25, 0.3) is 0 Å². The summed E-state index contributed by atoms with van der Waals surface area (Å²) in [6, 6.07) is 15.1. The second kappa shape index (κ2) is 9.82. The topological polar surface area (TPSA) is 90.9 Å². The number of aryl methyl sites for hydroxylation is 1. The molecule has 156 valence electrons. The van der Waals surface area contributed by atoms with Gasteiger partial charge in [-0.25, -0.2) is 5.01 Å². The number of nitrogens with zero attached hydrogens (tertiary/aromatic N) is 2. The van der Waals surface area contributed by atoms with Gasteiger partial charge in [-0.3, -0.25) is 14.4 Å². The predicted octanol–water partition coefficient (Wildman–Crippen LogP) is 3.70. The lowest BCUT2D eigenvalue weighted by Crippen LogP contribution is -2.25. The first-order valence-corrected chi connectivity index (χ1v) is 10.1. The van der Waals surface area contributed by atoms with Crippen molar-refractivity contribution in [3.05, 3.63) is 59.7 Å². The molecule has 2 N–H and O–H groups in total. The zero-order valence-corrected chi connectivity index (χ0v) is 17.3. The molecule has 0 fully saturated rings. The Kier molecular flexibility index (Phi) is 6.95. The van der Waals surface area contributed by atoms with Gasteiger partial charge < -0.3 is 10.6 Å². The zero-order valence-electron chi connectivity index (χ0n) is 17.3. The Labute approximate surface area is 176 Å². The third-order valence-corrected chi connectivity index (χ3v) is 4.88. The molecule has 2 aromatic rings. The molecule has 0 atom stereocenters. The third-order valence-electron chi connectivity index (χ3n) is 4.88. The predicted molar refractivity (Wildman–Crippen MR) is 117 cm³/mol. The number of hydrogen-bond acceptors (Lipinski definition) is 4. The summed E-state index contributed by atoms with van der Waals surface area (Å²) in [5, 5.41) is 11.5. The molecule has 0 unspecified atom stereocenters. The van der Waals surface area contributed by atoms with Crippen LogP contribution in [-0.4, -0.2) is 35.0 Å². The standard InChI is InChI=1S/C23H26N4O3/c1-3-21(28)24-18-10-9-16(2)20(15-18)25-22(29)11-12-23(30)27-14-13-19(26-27)17-7-5-4-6-8-17/h4-10,15H,3,11-14H2,1-2H3,(H,24,28)(H,25,29). The second-order valence-corrected chi connectivity index (χ2v) is 7.16. The molecule has 0 bridgehead atoms. The highest BCUT2D eigenvalue weighted by Crippen LogP contribution is 2.21. The van der Waals surface area contributed by atoms with Crippen molar-refractivity contribution < 1.29 is 14.4 Å². The number of benzene rings is 2. The fourth-order valence-corrected chi connectivity index (χ4v) is 3.12. The van der Waals surface area contributed by atoms with E-state index >= 15 is 0 Å². The summed E-state index contributed by atoms with van der Waals surface area (Å²) >= 11 is 0. The van der Waals surface area contributed by atoms with Crippen LogP contribution >= 0.6 is 0 Å². The summed E-state index contributed by atoms with van der Waals surface area (Å²) in [6.07, 6.45) is 1.24. The van der Waals surface area contributed by atoms with Crippen molar-refractivity contribution in [2.75, 3.05) is 17.2 Å². The highest BCUT2D eigenvalue weighted by Gasteiger charge is 2.22. The minimum atomic E-state index is -0.253. The Hall–Kier alpha value is -3.48. The minimum absolute atomic E-state index is 0.0660. The highest BCUT2D eigenvalue weighted by atomic mass is 16.2. The average molecular weight is 406 g/mol. The molecular formula is C23H26N4O3. The number of rotatable bonds is 7. The Morgan fingerprint density at radius 3 is 2.50 bits per heavy atom. The van der Waals surface area contributed by atoms with Crippen LogP contribution < -0.4 is 10.6 Å². The summed E-state index contributed by atoms with van der Waals surface area (Å²) in [5.41, 5.74) is 4.01. The van der Waals surface area contributed by atoms with Crippen LogP contribution in [0.5, 0.6) is 0 Å². The van der Waals surface area contributed by atoms with Gasteiger partial charge in [0.05, 0.1) is 12.3 Å². The first-order valence-electron chi connectivity index (χ1n) is 10.1. The molecule has 0 aliphatic carbocycles. The number of anilines is 2. The number of hydrogen-bond donors (Lipinski definition) is 2. The van der Waals surface area contributed by atoms with E-state index in [9.17, 15) is 14.4 Å². The second-order valence-electron chi connectivity index (χ2n) is 7.16. The van der Waals surface area contributed by atoms with Crippen LogP contribution in [0.1, 0.15) is 43.7 Å². The molecule has 30 heavy (non-hydrogen) atoms. The largest absolute Gasteiger partial charge is 0.326 e. The SMILES string of the molecule is CCC(=O)Nc1ccc(C)c(NC(=O)CCC(=O)N2CCC(c3ccccc3)=N2)c1. The van der Waals surface area contributed by atoms with Crippen LogP contribution in [0.15, 0.2) is 53.6 Å². The van der Waals surface area contributed by atoms with Crippen molar-refractivity contribution >= 4 is 34.8 Å². The Morgan fingerprint density at radius 2 is 1.77 bits per heavy atom. The molecule has 7 heteroatoms. The van der Waals surface area contributed by atoms with E-state index in [0.29, 0.717) is 30.8 Å². The van der Waals surface area contributed by atoms with Gasteiger partial charge in [0.2, 0.25) is 17.7 Å². The van der Waals surface area contributed by atoms with E-state index < -0.39 is 0 Å². The molecule has 7 nitrogen and oxygen atoms in total. The fourth-order valence-electron chi connectivity index (χ4n) is 3.12. The van der Waals surface area contributed by atoms with E-state index in [1.165, 1.54) is 5.01 Å². The molecule has 3 rings (SSSR count). The lowest BCUT2D eigenvalue weighted by atomic mass is 10.1. The van der Waals surface area contributed by atoms with Crippen LogP contribution in [-0.2, 0) is 14.4 Å². The van der Waals surface area contributed by atoms with E-state index in [1.54, 1.807) is 19.1 Å². The molecule has 0 aromatic heterocycles. The van der Waals surface area contributed by atoms with Crippen molar-refractivity contribution in [3.63, 3.8) is 0 Å². The molecule has 1 aliphatic heterocycles. The number of amides is 3. The number of carbonyl (C=O) groups is 3. The fraction of sp³-hybridized carbons (Fsp3) is 0.304. The van der Waals surface area contributed by atoms with Crippen molar-refractivity contribution in [1.82, 2.24) is 5.01 Å². The molecule has 0 spiro atoms. The van der Waals surface area contributed by atoms with Gasteiger partial charge in [-0.1, -0.05) is 43.3 Å². The summed E-state index contributed by atoms with van der Waals surface area (Å²) in [6.45, 7) is 4.18. The zero-order chi connectivity index (χ0) is 21.5. The van der Waals surface area contributed by atoms with E-state index in [-0.39, 0.29) is 30.6 Å². The number of hydrazone groups is 1. The van der Waals surface area contributed by atoms with Crippen LogP contribution in [0.2, 0.25) is 0 Å². The van der Waals surface area contributed by atoms with Gasteiger partial charge in [0, 0.05) is 37.1 Å². The van der Waals surface area contributed by atoms with Crippen LogP contribution in [0.25, 0.3) is 0 Å². The summed E-state index contributed by atoms with van der Waals surface area (Å²) in [7, 11) is 0. The van der Waals surface area contributed by atoms with E-state index in [0.717, 1.165) is 16.8 Å². The van der Waals surface area contributed by atoms with Crippen molar-refractivity contribution in [1.29, 1.82) is 0 Å². The maximum atomic E-state index is 12.4. The number of nitrogens with one attached hydrogen (secondary N) is 2. The molecule has 0 radical (unpaired) electrons.